The second kappa shape index (κ2) is 3.27. The molecule has 3 atom stereocenters. The lowest BCUT2D eigenvalue weighted by Gasteiger charge is -2.09. The molecule has 70 valence electrons. The molecule has 3 N–H and O–H groups in total. The van der Waals surface area contributed by atoms with Gasteiger partial charge in [-0.15, -0.1) is 0 Å². The van der Waals surface area contributed by atoms with Crippen molar-refractivity contribution in [1.82, 2.24) is 0 Å². The van der Waals surface area contributed by atoms with Gasteiger partial charge in [-0.05, 0) is 11.6 Å². The van der Waals surface area contributed by atoms with E-state index in [2.05, 4.69) is 0 Å². The minimum absolute atomic E-state index is 0.306. The Bertz CT molecular complexity index is 318. The predicted molar refractivity (Wildman–Crippen MR) is 49.3 cm³/mol. The second-order valence-electron chi connectivity index (χ2n) is 3.04. The van der Waals surface area contributed by atoms with E-state index in [0.717, 1.165) is 5.56 Å². The van der Waals surface area contributed by atoms with Crippen LogP contribution >= 0.6 is 11.6 Å². The molecule has 1 aliphatic rings. The first-order valence-electron chi connectivity index (χ1n) is 4.03. The molecule has 1 fully saturated rings. The molecule has 0 aromatic heterocycles. The Morgan fingerprint density at radius 1 is 1.46 bits per heavy atom. The van der Waals surface area contributed by atoms with Gasteiger partial charge >= 0.3 is 0 Å². The number of aliphatic hydroxyl groups excluding tert-OH is 1. The van der Waals surface area contributed by atoms with E-state index in [1.54, 1.807) is 6.07 Å². The Labute approximate surface area is 81.1 Å². The summed E-state index contributed by atoms with van der Waals surface area (Å²) in [5.74, 6) is 0. The van der Waals surface area contributed by atoms with Crippen molar-refractivity contribution in [2.45, 2.75) is 18.4 Å². The van der Waals surface area contributed by atoms with E-state index < -0.39 is 6.29 Å². The number of ether oxygens (including phenoxy) is 1. The van der Waals surface area contributed by atoms with E-state index >= 15 is 0 Å². The maximum Gasteiger partial charge on any atom is 0.183 e. The third-order valence-electron chi connectivity index (χ3n) is 2.12. The molecule has 0 aliphatic carbocycles. The van der Waals surface area contributed by atoms with Crippen LogP contribution in [-0.2, 0) is 4.74 Å². The topological polar surface area (TPSA) is 58.8 Å². The van der Waals surface area contributed by atoms with E-state index in [4.69, 9.17) is 27.2 Å². The summed E-state index contributed by atoms with van der Waals surface area (Å²) in [7, 11) is 0. The Hall–Kier alpha value is -0.610. The van der Waals surface area contributed by atoms with Gasteiger partial charge in [0.25, 0.3) is 0 Å². The highest BCUT2D eigenvalue weighted by atomic mass is 35.5. The first-order chi connectivity index (χ1) is 6.20. The summed E-state index contributed by atoms with van der Waals surface area (Å²) < 4.78 is 4.86. The molecule has 0 radical (unpaired) electrons. The fourth-order valence-electron chi connectivity index (χ4n) is 1.30. The number of halogens is 1. The molecule has 0 bridgehead atoms. The van der Waals surface area contributed by atoms with E-state index in [9.17, 15) is 0 Å². The maximum absolute atomic E-state index is 9.00. The molecule has 1 aliphatic heterocycles. The molecule has 0 saturated carbocycles. The summed E-state index contributed by atoms with van der Waals surface area (Å²) in [5, 5.41) is 9.61. The molecule has 0 spiro atoms. The Morgan fingerprint density at radius 3 is 2.62 bits per heavy atom. The number of nitrogens with two attached hydrogens (primary N) is 1. The van der Waals surface area contributed by atoms with Crippen LogP contribution < -0.4 is 5.73 Å². The van der Waals surface area contributed by atoms with Crippen molar-refractivity contribution in [3.8, 4) is 0 Å². The standard InChI is InChI=1S/C9H10ClNO2/c10-6-4-2-1-3-5(6)7(11)8-9(12)13-8/h1-4,7-9,12H,11H2/t7-,8?,9?/m1/s1. The van der Waals surface area contributed by atoms with Crippen LogP contribution in [0.1, 0.15) is 11.6 Å². The van der Waals surface area contributed by atoms with E-state index in [1.807, 2.05) is 18.2 Å². The highest BCUT2D eigenvalue weighted by Crippen LogP contribution is 2.33. The number of hydrogen-bond donors (Lipinski definition) is 2. The van der Waals surface area contributed by atoms with Crippen LogP contribution in [0, 0.1) is 0 Å². The van der Waals surface area contributed by atoms with Crippen LogP contribution in [0.5, 0.6) is 0 Å². The number of benzene rings is 1. The number of rotatable bonds is 2. The molecule has 0 amide bonds. The van der Waals surface area contributed by atoms with Gasteiger partial charge in [0.05, 0.1) is 6.04 Å². The number of epoxide rings is 1. The molecule has 13 heavy (non-hydrogen) atoms. The number of aliphatic hydroxyl groups is 1. The minimum Gasteiger partial charge on any atom is -0.366 e. The molecule has 1 heterocycles. The molecular weight excluding hydrogens is 190 g/mol. The number of hydrogen-bond acceptors (Lipinski definition) is 3. The van der Waals surface area contributed by atoms with Gasteiger partial charge in [0, 0.05) is 5.02 Å². The van der Waals surface area contributed by atoms with Crippen LogP contribution in [0.4, 0.5) is 0 Å². The Kier molecular flexibility index (Phi) is 2.26. The van der Waals surface area contributed by atoms with E-state index in [-0.39, 0.29) is 12.1 Å². The van der Waals surface area contributed by atoms with Crippen molar-refractivity contribution in [1.29, 1.82) is 0 Å². The highest BCUT2D eigenvalue weighted by molar-refractivity contribution is 6.31. The highest BCUT2D eigenvalue weighted by Gasteiger charge is 2.43. The summed E-state index contributed by atoms with van der Waals surface area (Å²) in [6.45, 7) is 0. The third kappa shape index (κ3) is 1.69. The maximum atomic E-state index is 9.00. The zero-order valence-electron chi connectivity index (χ0n) is 6.85. The summed E-state index contributed by atoms with van der Waals surface area (Å²) in [6, 6.07) is 6.95. The Balaban J connectivity index is 2.20. The normalized spacial score (nSPS) is 28.5. The van der Waals surface area contributed by atoms with Crippen molar-refractivity contribution in [2.75, 3.05) is 0 Å². The minimum atomic E-state index is -0.730. The summed E-state index contributed by atoms with van der Waals surface area (Å²) >= 11 is 5.92. The smallest absolute Gasteiger partial charge is 0.183 e. The van der Waals surface area contributed by atoms with Crippen molar-refractivity contribution in [3.63, 3.8) is 0 Å². The van der Waals surface area contributed by atoms with Gasteiger partial charge in [-0.25, -0.2) is 0 Å². The third-order valence-corrected chi connectivity index (χ3v) is 2.46. The van der Waals surface area contributed by atoms with Gasteiger partial charge in [-0.1, -0.05) is 29.8 Å². The van der Waals surface area contributed by atoms with Crippen LogP contribution in [0.2, 0.25) is 5.02 Å². The van der Waals surface area contributed by atoms with Gasteiger partial charge in [0.15, 0.2) is 6.29 Å². The largest absolute Gasteiger partial charge is 0.366 e. The van der Waals surface area contributed by atoms with Crippen molar-refractivity contribution in [2.24, 2.45) is 5.73 Å². The lowest BCUT2D eigenvalue weighted by molar-refractivity contribution is 0.156. The monoisotopic (exact) mass is 199 g/mol. The van der Waals surface area contributed by atoms with Crippen LogP contribution in [0.25, 0.3) is 0 Å². The van der Waals surface area contributed by atoms with Crippen LogP contribution in [-0.4, -0.2) is 17.5 Å². The zero-order valence-corrected chi connectivity index (χ0v) is 7.61. The first-order valence-corrected chi connectivity index (χ1v) is 4.41. The van der Waals surface area contributed by atoms with Gasteiger partial charge in [-0.2, -0.15) is 0 Å². The lowest BCUT2D eigenvalue weighted by Crippen LogP contribution is -2.18. The fourth-order valence-corrected chi connectivity index (χ4v) is 1.56. The molecule has 4 heteroatoms. The van der Waals surface area contributed by atoms with E-state index in [0.29, 0.717) is 5.02 Å². The molecule has 3 nitrogen and oxygen atoms in total. The molecule has 1 saturated heterocycles. The van der Waals surface area contributed by atoms with Gasteiger partial charge in [0.2, 0.25) is 0 Å². The fraction of sp³-hybridized carbons (Fsp3) is 0.333. The van der Waals surface area contributed by atoms with Crippen molar-refractivity contribution < 1.29 is 9.84 Å². The predicted octanol–water partition coefficient (Wildman–Crippen LogP) is 1.06. The van der Waals surface area contributed by atoms with Gasteiger partial charge in [-0.3, -0.25) is 0 Å². The zero-order chi connectivity index (χ0) is 9.42. The SMILES string of the molecule is N[C@H](c1ccccc1Cl)C1OC1O. The average Bonchev–Trinajstić information content (AvgIpc) is 2.82. The summed E-state index contributed by atoms with van der Waals surface area (Å²) in [4.78, 5) is 0. The first kappa shape index (κ1) is 8.97. The summed E-state index contributed by atoms with van der Waals surface area (Å²) in [5.41, 5.74) is 6.63. The second-order valence-corrected chi connectivity index (χ2v) is 3.45. The lowest BCUT2D eigenvalue weighted by atomic mass is 10.1. The van der Waals surface area contributed by atoms with Gasteiger partial charge < -0.3 is 15.6 Å². The van der Waals surface area contributed by atoms with Crippen LogP contribution in [0.3, 0.4) is 0 Å². The van der Waals surface area contributed by atoms with Crippen molar-refractivity contribution in [3.05, 3.63) is 34.9 Å². The molecular formula is C9H10ClNO2. The van der Waals surface area contributed by atoms with Crippen molar-refractivity contribution >= 4 is 11.6 Å². The molecule has 1 aromatic carbocycles. The summed E-state index contributed by atoms with van der Waals surface area (Å²) in [6.07, 6.45) is -1.04. The molecule has 2 unspecified atom stereocenters. The quantitative estimate of drug-likeness (QED) is 0.701. The van der Waals surface area contributed by atoms with Crippen LogP contribution in [0.15, 0.2) is 24.3 Å². The van der Waals surface area contributed by atoms with Gasteiger partial charge in [0.1, 0.15) is 6.10 Å². The van der Waals surface area contributed by atoms with E-state index in [1.165, 1.54) is 0 Å². The molecule has 2 rings (SSSR count). The Morgan fingerprint density at radius 2 is 2.08 bits per heavy atom. The molecule has 1 aromatic rings. The average molecular weight is 200 g/mol.